The van der Waals surface area contributed by atoms with Crippen LogP contribution >= 0.6 is 0 Å². The molecule has 1 aliphatic rings. The molecule has 3 rings (SSSR count). The van der Waals surface area contributed by atoms with Crippen LogP contribution in [0.4, 0.5) is 0 Å². The van der Waals surface area contributed by atoms with Crippen LogP contribution in [0.2, 0.25) is 0 Å². The van der Waals surface area contributed by atoms with Crippen LogP contribution in [0.15, 0.2) is 54.6 Å². The minimum atomic E-state index is -0.118. The monoisotopic (exact) mass is 382 g/mol. The second-order valence-electron chi connectivity index (χ2n) is 7.14. The lowest BCUT2D eigenvalue weighted by molar-refractivity contribution is -0.123. The van der Waals surface area contributed by atoms with E-state index in [9.17, 15) is 4.79 Å². The number of hydrogen-bond acceptors (Lipinski definition) is 4. The molecule has 1 aliphatic heterocycles. The summed E-state index contributed by atoms with van der Waals surface area (Å²) in [4.78, 5) is 14.3. The first-order chi connectivity index (χ1) is 13.8. The molecule has 0 saturated carbocycles. The maximum Gasteiger partial charge on any atom is 0.257 e. The van der Waals surface area contributed by atoms with Crippen molar-refractivity contribution in [1.82, 2.24) is 10.2 Å². The molecule has 150 valence electrons. The van der Waals surface area contributed by atoms with Crippen molar-refractivity contribution in [2.45, 2.75) is 32.2 Å². The molecule has 2 aromatic carbocycles. The summed E-state index contributed by atoms with van der Waals surface area (Å²) in [6, 6.07) is 17.7. The predicted octanol–water partition coefficient (Wildman–Crippen LogP) is 3.64. The van der Waals surface area contributed by atoms with Crippen molar-refractivity contribution in [2.75, 3.05) is 32.8 Å². The van der Waals surface area contributed by atoms with E-state index in [4.69, 9.17) is 9.47 Å². The van der Waals surface area contributed by atoms with Crippen LogP contribution in [0.1, 0.15) is 31.2 Å². The van der Waals surface area contributed by atoms with E-state index in [1.54, 1.807) is 0 Å². The Morgan fingerprint density at radius 2 is 1.71 bits per heavy atom. The van der Waals surface area contributed by atoms with Gasteiger partial charge >= 0.3 is 0 Å². The van der Waals surface area contributed by atoms with E-state index in [1.165, 1.54) is 37.9 Å². The van der Waals surface area contributed by atoms with Crippen molar-refractivity contribution in [3.63, 3.8) is 0 Å². The third-order valence-corrected chi connectivity index (χ3v) is 4.78. The zero-order chi connectivity index (χ0) is 19.4. The molecule has 5 heteroatoms. The number of carbonyl (C=O) groups excluding carboxylic acids is 1. The first-order valence-electron chi connectivity index (χ1n) is 10.2. The third-order valence-electron chi connectivity index (χ3n) is 4.78. The molecule has 0 spiro atoms. The Bertz CT molecular complexity index is 715. The molecule has 0 unspecified atom stereocenters. The molecule has 0 radical (unpaired) electrons. The number of amides is 1. The summed E-state index contributed by atoms with van der Waals surface area (Å²) in [5.74, 6) is 1.48. The van der Waals surface area contributed by atoms with Crippen LogP contribution in [-0.4, -0.2) is 43.7 Å². The van der Waals surface area contributed by atoms with Gasteiger partial charge < -0.3 is 14.8 Å². The van der Waals surface area contributed by atoms with Crippen molar-refractivity contribution >= 4 is 5.91 Å². The molecule has 28 heavy (non-hydrogen) atoms. The molecular weight excluding hydrogens is 352 g/mol. The lowest BCUT2D eigenvalue weighted by atomic mass is 10.1. The Kier molecular flexibility index (Phi) is 8.19. The number of rotatable bonds is 10. The predicted molar refractivity (Wildman–Crippen MR) is 111 cm³/mol. The normalized spacial score (nSPS) is 14.4. The van der Waals surface area contributed by atoms with Crippen molar-refractivity contribution in [1.29, 1.82) is 0 Å². The van der Waals surface area contributed by atoms with E-state index in [0.29, 0.717) is 18.9 Å². The van der Waals surface area contributed by atoms with Gasteiger partial charge in [0, 0.05) is 13.1 Å². The molecule has 0 bridgehead atoms. The lowest BCUT2D eigenvalue weighted by Gasteiger charge is -2.26. The molecule has 5 nitrogen and oxygen atoms in total. The zero-order valence-corrected chi connectivity index (χ0v) is 16.4. The topological polar surface area (TPSA) is 50.8 Å². The highest BCUT2D eigenvalue weighted by atomic mass is 16.5. The molecule has 2 aromatic rings. The number of carbonyl (C=O) groups is 1. The van der Waals surface area contributed by atoms with Crippen LogP contribution in [0.5, 0.6) is 11.5 Å². The van der Waals surface area contributed by atoms with E-state index < -0.39 is 0 Å². The minimum absolute atomic E-state index is 0.0312. The van der Waals surface area contributed by atoms with Gasteiger partial charge in [-0.15, -0.1) is 0 Å². The van der Waals surface area contributed by atoms with Gasteiger partial charge in [-0.3, -0.25) is 9.69 Å². The second kappa shape index (κ2) is 11.3. The van der Waals surface area contributed by atoms with E-state index in [-0.39, 0.29) is 12.5 Å². The van der Waals surface area contributed by atoms with Crippen LogP contribution in [-0.2, 0) is 11.3 Å². The smallest absolute Gasteiger partial charge is 0.257 e. The maximum absolute atomic E-state index is 11.8. The number of nitrogens with zero attached hydrogens (tertiary/aromatic N) is 1. The Balaban J connectivity index is 1.29. The number of benzene rings is 2. The molecule has 0 atom stereocenters. The van der Waals surface area contributed by atoms with Crippen LogP contribution in [0.3, 0.4) is 0 Å². The van der Waals surface area contributed by atoms with Gasteiger partial charge in [-0.05, 0) is 62.2 Å². The average molecular weight is 383 g/mol. The Morgan fingerprint density at radius 3 is 2.54 bits per heavy atom. The number of hydrogen-bond donors (Lipinski definition) is 1. The fourth-order valence-electron chi connectivity index (χ4n) is 3.32. The molecule has 0 aliphatic carbocycles. The molecule has 1 N–H and O–H groups in total. The van der Waals surface area contributed by atoms with E-state index in [0.717, 1.165) is 18.7 Å². The van der Waals surface area contributed by atoms with Crippen molar-refractivity contribution in [2.24, 2.45) is 0 Å². The third kappa shape index (κ3) is 7.24. The van der Waals surface area contributed by atoms with E-state index in [2.05, 4.69) is 28.4 Å². The first kappa shape index (κ1) is 20.2. The van der Waals surface area contributed by atoms with Crippen molar-refractivity contribution in [3.8, 4) is 11.5 Å². The van der Waals surface area contributed by atoms with Crippen LogP contribution < -0.4 is 14.8 Å². The number of likely N-dealkylation sites (tertiary alicyclic amines) is 1. The fourth-order valence-corrected chi connectivity index (χ4v) is 3.32. The summed E-state index contributed by atoms with van der Waals surface area (Å²) >= 11 is 0. The summed E-state index contributed by atoms with van der Waals surface area (Å²) in [6.45, 7) is 4.56. The van der Waals surface area contributed by atoms with Gasteiger partial charge in [0.25, 0.3) is 5.91 Å². The highest BCUT2D eigenvalue weighted by molar-refractivity contribution is 5.77. The number of ether oxygens (including phenoxy) is 2. The Hall–Kier alpha value is -2.53. The fraction of sp³-hybridized carbons (Fsp3) is 0.435. The lowest BCUT2D eigenvalue weighted by Crippen LogP contribution is -2.30. The number of para-hydroxylation sites is 1. The van der Waals surface area contributed by atoms with Gasteiger partial charge in [-0.25, -0.2) is 0 Å². The summed E-state index contributed by atoms with van der Waals surface area (Å²) in [5.41, 5.74) is 1.30. The minimum Gasteiger partial charge on any atom is -0.494 e. The quantitative estimate of drug-likeness (QED) is 0.638. The highest BCUT2D eigenvalue weighted by Crippen LogP contribution is 2.17. The van der Waals surface area contributed by atoms with Crippen LogP contribution in [0.25, 0.3) is 0 Å². The van der Waals surface area contributed by atoms with Gasteiger partial charge in [0.2, 0.25) is 0 Å². The standard InChI is InChI=1S/C23H30N2O3/c26-23(19-28-21-10-3-1-4-11-21)24-13-8-16-27-22-12-7-9-20(17-22)18-25-14-5-2-6-15-25/h1,3-4,7,9-12,17H,2,5-6,8,13-16,18-19H2,(H,24,26). The molecule has 1 heterocycles. The summed E-state index contributed by atoms with van der Waals surface area (Å²) in [7, 11) is 0. The maximum atomic E-state index is 11.8. The highest BCUT2D eigenvalue weighted by Gasteiger charge is 2.10. The van der Waals surface area contributed by atoms with Gasteiger partial charge in [-0.2, -0.15) is 0 Å². The van der Waals surface area contributed by atoms with Crippen molar-refractivity contribution < 1.29 is 14.3 Å². The zero-order valence-electron chi connectivity index (χ0n) is 16.4. The first-order valence-corrected chi connectivity index (χ1v) is 10.2. The molecule has 1 amide bonds. The molecule has 1 fully saturated rings. The summed E-state index contributed by atoms with van der Waals surface area (Å²) in [6.07, 6.45) is 4.72. The van der Waals surface area contributed by atoms with Gasteiger partial charge in [0.1, 0.15) is 11.5 Å². The Morgan fingerprint density at radius 1 is 0.929 bits per heavy atom. The van der Waals surface area contributed by atoms with E-state index >= 15 is 0 Å². The van der Waals surface area contributed by atoms with Crippen LogP contribution in [0, 0.1) is 0 Å². The largest absolute Gasteiger partial charge is 0.494 e. The summed E-state index contributed by atoms with van der Waals surface area (Å²) < 4.78 is 11.3. The summed E-state index contributed by atoms with van der Waals surface area (Å²) in [5, 5.41) is 2.85. The number of piperidine rings is 1. The molecule has 0 aromatic heterocycles. The second-order valence-corrected chi connectivity index (χ2v) is 7.14. The Labute approximate surface area is 167 Å². The average Bonchev–Trinajstić information content (AvgIpc) is 2.74. The molecular formula is C23H30N2O3. The molecule has 1 saturated heterocycles. The van der Waals surface area contributed by atoms with Gasteiger partial charge in [0.05, 0.1) is 6.61 Å². The number of nitrogens with one attached hydrogen (secondary N) is 1. The van der Waals surface area contributed by atoms with Crippen molar-refractivity contribution in [3.05, 3.63) is 60.2 Å². The SMILES string of the molecule is O=C(COc1ccccc1)NCCCOc1cccc(CN2CCCCC2)c1. The van der Waals surface area contributed by atoms with Gasteiger partial charge in [-0.1, -0.05) is 36.8 Å². The van der Waals surface area contributed by atoms with Gasteiger partial charge in [0.15, 0.2) is 6.61 Å². The van der Waals surface area contributed by atoms with E-state index in [1.807, 2.05) is 36.4 Å².